The summed E-state index contributed by atoms with van der Waals surface area (Å²) in [6.45, 7) is 6.73. The molecule has 0 radical (unpaired) electrons. The van der Waals surface area contributed by atoms with E-state index in [1.165, 1.54) is 0 Å². The Morgan fingerprint density at radius 1 is 1.21 bits per heavy atom. The van der Waals surface area contributed by atoms with Gasteiger partial charge in [0, 0.05) is 30.9 Å². The van der Waals surface area contributed by atoms with E-state index in [4.69, 9.17) is 14.1 Å². The number of fused-ring (bicyclic) bond motifs is 1. The van der Waals surface area contributed by atoms with Crippen LogP contribution in [0, 0.1) is 12.3 Å². The van der Waals surface area contributed by atoms with Crippen molar-refractivity contribution in [2.75, 3.05) is 18.1 Å². The Morgan fingerprint density at radius 2 is 2.05 bits per heavy atom. The van der Waals surface area contributed by atoms with Crippen LogP contribution in [0.4, 0.5) is 5.82 Å². The van der Waals surface area contributed by atoms with Crippen LogP contribution in [0.5, 0.6) is 5.75 Å². The standard InChI is InChI=1S/C31H33N3O4.Na.H/c1-21-26(33-29(38-21)23-13-14-28(32-20-23)34-16-5-4-6-17-34)15-18-37-27-12-8-10-24-22(9-7-11-25(24)27)19-31(2,3)30(35)36;;/h4-6,8-10,12-14,16,20H,7,11,15,17-19H2,1-3H3,(H,35,36);;. The van der Waals surface area contributed by atoms with Gasteiger partial charge in [-0.15, -0.1) is 0 Å². The molecule has 0 saturated heterocycles. The number of aryl methyl sites for hydroxylation is 1. The molecule has 1 aliphatic carbocycles. The van der Waals surface area contributed by atoms with E-state index >= 15 is 0 Å². The van der Waals surface area contributed by atoms with E-state index in [1.54, 1.807) is 20.0 Å². The van der Waals surface area contributed by atoms with E-state index in [-0.39, 0.29) is 29.6 Å². The topological polar surface area (TPSA) is 88.7 Å². The molecule has 1 aliphatic heterocycles. The van der Waals surface area contributed by atoms with Gasteiger partial charge in [-0.05, 0) is 75.4 Å². The third kappa shape index (κ3) is 6.55. The number of hydrogen-bond acceptors (Lipinski definition) is 6. The van der Waals surface area contributed by atoms with Crippen molar-refractivity contribution in [3.63, 3.8) is 0 Å². The molecule has 2 aromatic heterocycles. The van der Waals surface area contributed by atoms with Gasteiger partial charge < -0.3 is 19.2 Å². The Kier molecular flexibility index (Phi) is 9.15. The Balaban J connectivity index is 0.00000353. The monoisotopic (exact) mass is 535 g/mol. The number of aromatic nitrogens is 2. The Labute approximate surface area is 251 Å². The number of pyridine rings is 1. The van der Waals surface area contributed by atoms with Crippen LogP contribution in [0.3, 0.4) is 0 Å². The Hall–Kier alpha value is -3.13. The van der Waals surface area contributed by atoms with Gasteiger partial charge in [-0.2, -0.15) is 0 Å². The number of oxazole rings is 1. The number of anilines is 1. The zero-order chi connectivity index (χ0) is 26.7. The van der Waals surface area contributed by atoms with Crippen molar-refractivity contribution in [1.29, 1.82) is 0 Å². The van der Waals surface area contributed by atoms with Gasteiger partial charge in [0.2, 0.25) is 5.89 Å². The van der Waals surface area contributed by atoms with Crippen molar-refractivity contribution in [2.45, 2.75) is 46.5 Å². The van der Waals surface area contributed by atoms with Crippen LogP contribution in [0.25, 0.3) is 17.0 Å². The van der Waals surface area contributed by atoms with Gasteiger partial charge in [0.1, 0.15) is 17.3 Å². The number of allylic oxidation sites excluding steroid dienone is 4. The van der Waals surface area contributed by atoms with E-state index in [0.29, 0.717) is 25.3 Å². The van der Waals surface area contributed by atoms with Crippen molar-refractivity contribution in [3.8, 4) is 17.2 Å². The van der Waals surface area contributed by atoms with Crippen LogP contribution in [-0.2, 0) is 17.6 Å². The fourth-order valence-corrected chi connectivity index (χ4v) is 4.84. The summed E-state index contributed by atoms with van der Waals surface area (Å²) >= 11 is 0. The molecule has 0 spiro atoms. The van der Waals surface area contributed by atoms with Crippen LogP contribution in [0.15, 0.2) is 71.4 Å². The summed E-state index contributed by atoms with van der Waals surface area (Å²) in [5, 5.41) is 9.59. The number of hydrogen-bond donors (Lipinski definition) is 1. The Morgan fingerprint density at radius 3 is 2.77 bits per heavy atom. The fourth-order valence-electron chi connectivity index (χ4n) is 4.84. The summed E-state index contributed by atoms with van der Waals surface area (Å²) < 4.78 is 12.2. The Bertz CT molecular complexity index is 1420. The third-order valence-electron chi connectivity index (χ3n) is 7.07. The number of carboxylic acid groups (broad SMARTS) is 1. The molecule has 1 aromatic carbocycles. The molecule has 5 rings (SSSR count). The first-order valence-corrected chi connectivity index (χ1v) is 13.0. The summed E-state index contributed by atoms with van der Waals surface area (Å²) in [4.78, 5) is 23.0. The molecule has 8 heteroatoms. The summed E-state index contributed by atoms with van der Waals surface area (Å²) in [5.41, 5.74) is 4.19. The molecule has 2 aliphatic rings. The van der Waals surface area contributed by atoms with Crippen molar-refractivity contribution in [3.05, 3.63) is 89.6 Å². The third-order valence-corrected chi connectivity index (χ3v) is 7.07. The van der Waals surface area contributed by atoms with Crippen LogP contribution in [-0.4, -0.2) is 63.8 Å². The van der Waals surface area contributed by atoms with E-state index in [0.717, 1.165) is 64.7 Å². The summed E-state index contributed by atoms with van der Waals surface area (Å²) in [5.74, 6) is 2.26. The number of carbonyl (C=O) groups is 1. The maximum atomic E-state index is 11.7. The number of ether oxygens (including phenoxy) is 1. The van der Waals surface area contributed by atoms with Gasteiger partial charge in [0.05, 0.1) is 23.3 Å². The molecule has 39 heavy (non-hydrogen) atoms. The van der Waals surface area contributed by atoms with Gasteiger partial charge in [-0.3, -0.25) is 4.79 Å². The molecular formula is C31H34N3NaO4. The number of carboxylic acids is 1. The predicted octanol–water partition coefficient (Wildman–Crippen LogP) is 5.74. The number of rotatable bonds is 9. The molecule has 0 bridgehead atoms. The normalized spacial score (nSPS) is 14.4. The fraction of sp³-hybridized carbons (Fsp3) is 0.323. The first-order chi connectivity index (χ1) is 18.3. The van der Waals surface area contributed by atoms with E-state index in [9.17, 15) is 9.90 Å². The van der Waals surface area contributed by atoms with E-state index in [2.05, 4.69) is 28.1 Å². The number of nitrogens with zero attached hydrogens (tertiary/aromatic N) is 3. The van der Waals surface area contributed by atoms with Gasteiger partial charge in [0.15, 0.2) is 0 Å². The molecule has 1 N–H and O–H groups in total. The summed E-state index contributed by atoms with van der Waals surface area (Å²) in [6.07, 6.45) is 14.9. The average Bonchev–Trinajstić information content (AvgIpc) is 3.29. The van der Waals surface area contributed by atoms with E-state index < -0.39 is 11.4 Å². The SMILES string of the molecule is Cc1oc(-c2ccc(N3C=CC=CC3)nc2)nc1CCOc1cccc2c1CCC=C2CC(C)(C)C(=O)O.[NaH]. The number of aliphatic carboxylic acids is 1. The molecule has 3 heterocycles. The van der Waals surface area contributed by atoms with Crippen LogP contribution in [0.2, 0.25) is 0 Å². The van der Waals surface area contributed by atoms with Gasteiger partial charge >= 0.3 is 35.5 Å². The average molecular weight is 536 g/mol. The van der Waals surface area contributed by atoms with Crippen molar-refractivity contribution in [2.24, 2.45) is 5.41 Å². The molecule has 7 nitrogen and oxygen atoms in total. The van der Waals surface area contributed by atoms with Crippen LogP contribution >= 0.6 is 0 Å². The zero-order valence-corrected chi connectivity index (χ0v) is 22.1. The molecule has 0 unspecified atom stereocenters. The molecule has 0 amide bonds. The molecular weight excluding hydrogens is 501 g/mol. The van der Waals surface area contributed by atoms with Crippen LogP contribution in [0.1, 0.15) is 49.3 Å². The van der Waals surface area contributed by atoms with Crippen LogP contribution < -0.4 is 9.64 Å². The van der Waals surface area contributed by atoms with Gasteiger partial charge in [0.25, 0.3) is 0 Å². The number of benzene rings is 1. The second-order valence-corrected chi connectivity index (χ2v) is 10.4. The quantitative estimate of drug-likeness (QED) is 0.350. The molecule has 198 valence electrons. The molecule has 0 saturated carbocycles. The maximum absolute atomic E-state index is 11.7. The molecule has 3 aromatic rings. The first kappa shape index (κ1) is 28.9. The minimum atomic E-state index is -0.822. The van der Waals surface area contributed by atoms with Crippen molar-refractivity contribution >= 4 is 46.9 Å². The second kappa shape index (κ2) is 12.4. The van der Waals surface area contributed by atoms with Crippen molar-refractivity contribution < 1.29 is 19.1 Å². The van der Waals surface area contributed by atoms with Gasteiger partial charge in [-0.25, -0.2) is 9.97 Å². The minimum absolute atomic E-state index is 0. The summed E-state index contributed by atoms with van der Waals surface area (Å²) in [7, 11) is 0. The predicted molar refractivity (Wildman–Crippen MR) is 155 cm³/mol. The van der Waals surface area contributed by atoms with E-state index in [1.807, 2.05) is 49.5 Å². The van der Waals surface area contributed by atoms with Gasteiger partial charge in [-0.1, -0.05) is 30.4 Å². The second-order valence-electron chi connectivity index (χ2n) is 10.4. The first-order valence-electron chi connectivity index (χ1n) is 13.0. The summed E-state index contributed by atoms with van der Waals surface area (Å²) in [6, 6.07) is 9.99. The zero-order valence-electron chi connectivity index (χ0n) is 22.1. The molecule has 0 atom stereocenters. The van der Waals surface area contributed by atoms with Crippen molar-refractivity contribution in [1.82, 2.24) is 9.97 Å². The molecule has 0 fully saturated rings.